The van der Waals surface area contributed by atoms with Gasteiger partial charge in [-0.2, -0.15) is 9.61 Å². The average Bonchev–Trinajstić information content (AvgIpc) is 3.24. The van der Waals surface area contributed by atoms with Crippen LogP contribution in [0.4, 0.5) is 0 Å². The number of hydrogen-bond donors (Lipinski definition) is 0. The third-order valence-corrected chi connectivity index (χ3v) is 4.57. The van der Waals surface area contributed by atoms with Crippen molar-refractivity contribution in [2.24, 2.45) is 4.99 Å². The molecule has 0 saturated carbocycles. The SMILES string of the molecule is CCc1nnc2nc3c(nn12)/C(=N/Cc1ccccc1)c1ccccc1-3. The molecule has 0 N–H and O–H groups in total. The van der Waals surface area contributed by atoms with E-state index in [-0.39, 0.29) is 0 Å². The molecule has 0 spiro atoms. The zero-order chi connectivity index (χ0) is 17.5. The molecular formula is C20H16N6. The molecule has 4 aromatic rings. The monoisotopic (exact) mass is 340 g/mol. The second-order valence-electron chi connectivity index (χ2n) is 6.19. The van der Waals surface area contributed by atoms with Crippen LogP contribution in [0.5, 0.6) is 0 Å². The first-order valence-corrected chi connectivity index (χ1v) is 8.66. The van der Waals surface area contributed by atoms with E-state index in [1.54, 1.807) is 4.52 Å². The van der Waals surface area contributed by atoms with E-state index in [0.29, 0.717) is 12.3 Å². The maximum Gasteiger partial charge on any atom is 0.272 e. The highest BCUT2D eigenvalue weighted by atomic mass is 15.4. The third-order valence-electron chi connectivity index (χ3n) is 4.57. The lowest BCUT2D eigenvalue weighted by Gasteiger charge is -2.03. The molecule has 0 amide bonds. The van der Waals surface area contributed by atoms with Gasteiger partial charge in [0.25, 0.3) is 5.78 Å². The highest BCUT2D eigenvalue weighted by Gasteiger charge is 2.29. The molecule has 2 aromatic heterocycles. The summed E-state index contributed by atoms with van der Waals surface area (Å²) in [7, 11) is 0. The van der Waals surface area contributed by atoms with Crippen molar-refractivity contribution in [3.63, 3.8) is 0 Å². The van der Waals surface area contributed by atoms with Gasteiger partial charge in [-0.05, 0) is 5.56 Å². The first kappa shape index (κ1) is 14.9. The van der Waals surface area contributed by atoms with Gasteiger partial charge in [0.05, 0.1) is 12.3 Å². The summed E-state index contributed by atoms with van der Waals surface area (Å²) < 4.78 is 1.72. The van der Waals surface area contributed by atoms with Crippen LogP contribution in [0.2, 0.25) is 0 Å². The van der Waals surface area contributed by atoms with Gasteiger partial charge in [-0.1, -0.05) is 61.5 Å². The molecule has 0 unspecified atom stereocenters. The zero-order valence-electron chi connectivity index (χ0n) is 14.3. The smallest absolute Gasteiger partial charge is 0.272 e. The van der Waals surface area contributed by atoms with Crippen molar-refractivity contribution >= 4 is 11.5 Å². The number of hydrogen-bond acceptors (Lipinski definition) is 5. The van der Waals surface area contributed by atoms with Gasteiger partial charge in [-0.3, -0.25) is 4.99 Å². The summed E-state index contributed by atoms with van der Waals surface area (Å²) in [6.07, 6.45) is 0.748. The molecule has 0 bridgehead atoms. The number of fused-ring (bicyclic) bond motifs is 4. The number of nitrogens with zero attached hydrogens (tertiary/aromatic N) is 6. The Hall–Kier alpha value is -3.41. The number of benzene rings is 2. The van der Waals surface area contributed by atoms with E-state index in [9.17, 15) is 0 Å². The van der Waals surface area contributed by atoms with Crippen LogP contribution >= 0.6 is 0 Å². The first-order valence-electron chi connectivity index (χ1n) is 8.66. The van der Waals surface area contributed by atoms with Crippen molar-refractivity contribution < 1.29 is 0 Å². The number of aliphatic imine (C=N–C) groups is 1. The molecule has 6 heteroatoms. The first-order chi connectivity index (χ1) is 12.8. The van der Waals surface area contributed by atoms with E-state index < -0.39 is 0 Å². The van der Waals surface area contributed by atoms with Crippen molar-refractivity contribution in [3.8, 4) is 11.3 Å². The van der Waals surface area contributed by atoms with Gasteiger partial charge in [0.1, 0.15) is 11.4 Å². The predicted octanol–water partition coefficient (Wildman–Crippen LogP) is 3.10. The van der Waals surface area contributed by atoms with Gasteiger partial charge >= 0.3 is 0 Å². The molecule has 5 rings (SSSR count). The van der Waals surface area contributed by atoms with Crippen LogP contribution in [0.25, 0.3) is 17.0 Å². The van der Waals surface area contributed by atoms with Crippen LogP contribution in [0.15, 0.2) is 59.6 Å². The lowest BCUT2D eigenvalue weighted by Crippen LogP contribution is -2.08. The Labute approximate surface area is 150 Å². The summed E-state index contributed by atoms with van der Waals surface area (Å²) in [6.45, 7) is 2.64. The quantitative estimate of drug-likeness (QED) is 0.506. The molecule has 126 valence electrons. The lowest BCUT2D eigenvalue weighted by molar-refractivity contribution is 0.810. The van der Waals surface area contributed by atoms with Gasteiger partial charge in [-0.25, -0.2) is 4.98 Å². The van der Waals surface area contributed by atoms with E-state index >= 15 is 0 Å². The van der Waals surface area contributed by atoms with Crippen molar-refractivity contribution in [1.82, 2.24) is 24.8 Å². The normalized spacial score (nSPS) is 14.0. The van der Waals surface area contributed by atoms with Crippen molar-refractivity contribution in [1.29, 1.82) is 0 Å². The molecule has 0 aliphatic heterocycles. The van der Waals surface area contributed by atoms with Gasteiger partial charge < -0.3 is 0 Å². The van der Waals surface area contributed by atoms with E-state index in [0.717, 1.165) is 40.5 Å². The highest BCUT2D eigenvalue weighted by Crippen LogP contribution is 2.34. The number of rotatable bonds is 3. The fourth-order valence-electron chi connectivity index (χ4n) is 3.28. The van der Waals surface area contributed by atoms with Gasteiger partial charge in [0.2, 0.25) is 0 Å². The molecule has 26 heavy (non-hydrogen) atoms. The van der Waals surface area contributed by atoms with E-state index in [2.05, 4.69) is 34.5 Å². The second-order valence-corrected chi connectivity index (χ2v) is 6.19. The van der Waals surface area contributed by atoms with Gasteiger partial charge in [0, 0.05) is 17.5 Å². The van der Waals surface area contributed by atoms with Crippen LogP contribution in [-0.4, -0.2) is 30.5 Å². The molecule has 0 radical (unpaired) electrons. The molecule has 0 fully saturated rings. The maximum absolute atomic E-state index is 4.88. The Balaban J connectivity index is 1.70. The minimum absolute atomic E-state index is 0.528. The minimum Gasteiger partial charge on any atom is -0.278 e. The van der Waals surface area contributed by atoms with Crippen LogP contribution in [0.3, 0.4) is 0 Å². The number of aromatic nitrogens is 5. The molecule has 2 aromatic carbocycles. The summed E-state index contributed by atoms with van der Waals surface area (Å²) in [5, 5.41) is 13.1. The standard InChI is InChI=1S/C20H16N6/c1-2-16-23-24-20-22-18-15-11-7-6-10-14(15)17(19(18)25-26(16)20)21-12-13-8-4-3-5-9-13/h3-11H,2,12H2,1H3/b21-17+. The van der Waals surface area contributed by atoms with E-state index in [1.807, 2.05) is 37.3 Å². The Morgan fingerprint density at radius 1 is 0.885 bits per heavy atom. The molecule has 1 aliphatic carbocycles. The fourth-order valence-corrected chi connectivity index (χ4v) is 3.28. The van der Waals surface area contributed by atoms with Crippen LogP contribution in [0.1, 0.15) is 29.6 Å². The molecule has 2 heterocycles. The summed E-state index contributed by atoms with van der Waals surface area (Å²) in [6, 6.07) is 18.4. The largest absolute Gasteiger partial charge is 0.278 e. The Morgan fingerprint density at radius 3 is 2.46 bits per heavy atom. The predicted molar refractivity (Wildman–Crippen MR) is 99.2 cm³/mol. The number of aryl methyl sites for hydroxylation is 1. The minimum atomic E-state index is 0.528. The summed E-state index contributed by atoms with van der Waals surface area (Å²) in [5.74, 6) is 1.33. The second kappa shape index (κ2) is 5.84. The van der Waals surface area contributed by atoms with Gasteiger partial charge in [-0.15, -0.1) is 10.2 Å². The summed E-state index contributed by atoms with van der Waals surface area (Å²) >= 11 is 0. The topological polar surface area (TPSA) is 68.3 Å². The highest BCUT2D eigenvalue weighted by molar-refractivity contribution is 6.22. The molecular weight excluding hydrogens is 324 g/mol. The summed E-state index contributed by atoms with van der Waals surface area (Å²) in [4.78, 5) is 9.60. The van der Waals surface area contributed by atoms with Gasteiger partial charge in [0.15, 0.2) is 5.82 Å². The van der Waals surface area contributed by atoms with E-state index in [1.165, 1.54) is 5.56 Å². The average molecular weight is 340 g/mol. The molecule has 6 nitrogen and oxygen atoms in total. The zero-order valence-corrected chi connectivity index (χ0v) is 14.3. The molecule has 0 atom stereocenters. The van der Waals surface area contributed by atoms with Crippen LogP contribution < -0.4 is 0 Å². The van der Waals surface area contributed by atoms with Crippen molar-refractivity contribution in [2.75, 3.05) is 0 Å². The Morgan fingerprint density at radius 2 is 1.65 bits per heavy atom. The van der Waals surface area contributed by atoms with Crippen LogP contribution in [0, 0.1) is 0 Å². The summed E-state index contributed by atoms with van der Waals surface area (Å²) in [5.41, 5.74) is 5.78. The van der Waals surface area contributed by atoms with E-state index in [4.69, 9.17) is 15.1 Å². The molecule has 1 aliphatic rings. The fraction of sp³-hybridized carbons (Fsp3) is 0.150. The van der Waals surface area contributed by atoms with Crippen molar-refractivity contribution in [3.05, 3.63) is 77.2 Å². The third kappa shape index (κ3) is 2.23. The Bertz CT molecular complexity index is 1140. The van der Waals surface area contributed by atoms with Crippen LogP contribution in [-0.2, 0) is 13.0 Å². The molecule has 0 saturated heterocycles. The Kier molecular flexibility index (Phi) is 3.35. The maximum atomic E-state index is 4.88. The lowest BCUT2D eigenvalue weighted by atomic mass is 10.1. The van der Waals surface area contributed by atoms with Crippen molar-refractivity contribution in [2.45, 2.75) is 19.9 Å².